The Morgan fingerprint density at radius 2 is 2.00 bits per heavy atom. The highest BCUT2D eigenvalue weighted by atomic mass is 32.1. The quantitative estimate of drug-likeness (QED) is 0.811. The lowest BCUT2D eigenvalue weighted by Crippen LogP contribution is -2.19. The first-order valence-corrected chi connectivity index (χ1v) is 7.76. The smallest absolute Gasteiger partial charge is 0.224 e. The topological polar surface area (TPSA) is 29.1 Å². The number of carbonyl (C=O) groups excluding carboxylic acids is 1. The molecule has 2 rings (SSSR count). The van der Waals surface area contributed by atoms with Crippen LogP contribution in [0.25, 0.3) is 0 Å². The van der Waals surface area contributed by atoms with Gasteiger partial charge in [-0.25, -0.2) is 0 Å². The van der Waals surface area contributed by atoms with E-state index < -0.39 is 0 Å². The lowest BCUT2D eigenvalue weighted by Gasteiger charge is -2.17. The molecule has 1 aromatic carbocycles. The van der Waals surface area contributed by atoms with E-state index >= 15 is 0 Å². The molecule has 0 spiro atoms. The Hall–Kier alpha value is -2.05. The predicted molar refractivity (Wildman–Crippen MR) is 89.4 cm³/mol. The Kier molecular flexibility index (Phi) is 4.82. The number of anilines is 1. The molecule has 2 nitrogen and oxygen atoms in total. The summed E-state index contributed by atoms with van der Waals surface area (Å²) in [6, 6.07) is 11.6. The van der Waals surface area contributed by atoms with E-state index in [1.807, 2.05) is 41.8 Å². The zero-order valence-electron chi connectivity index (χ0n) is 12.6. The van der Waals surface area contributed by atoms with Gasteiger partial charge in [-0.15, -0.1) is 11.3 Å². The molecule has 0 aliphatic rings. The minimum atomic E-state index is -0.0132. The van der Waals surface area contributed by atoms with Crippen molar-refractivity contribution in [3.63, 3.8) is 0 Å². The van der Waals surface area contributed by atoms with Crippen molar-refractivity contribution in [2.75, 3.05) is 5.32 Å². The monoisotopic (exact) mass is 297 g/mol. The van der Waals surface area contributed by atoms with Crippen LogP contribution in [-0.4, -0.2) is 5.91 Å². The molecule has 0 fully saturated rings. The summed E-state index contributed by atoms with van der Waals surface area (Å²) in [7, 11) is 0. The molecule has 1 amide bonds. The Bertz CT molecular complexity index is 669. The van der Waals surface area contributed by atoms with E-state index in [-0.39, 0.29) is 11.3 Å². The van der Waals surface area contributed by atoms with Crippen LogP contribution in [0.2, 0.25) is 0 Å². The molecular weight excluding hydrogens is 278 g/mol. The Balaban J connectivity index is 2.06. The number of carbonyl (C=O) groups is 1. The van der Waals surface area contributed by atoms with Gasteiger partial charge in [0.1, 0.15) is 0 Å². The molecule has 2 aromatic rings. The van der Waals surface area contributed by atoms with Gasteiger partial charge in [0, 0.05) is 17.7 Å². The summed E-state index contributed by atoms with van der Waals surface area (Å²) >= 11 is 1.62. The molecule has 0 radical (unpaired) electrons. The zero-order valence-corrected chi connectivity index (χ0v) is 13.4. The van der Waals surface area contributed by atoms with Crippen molar-refractivity contribution in [1.29, 1.82) is 0 Å². The minimum Gasteiger partial charge on any atom is -0.326 e. The van der Waals surface area contributed by atoms with Crippen LogP contribution in [0.5, 0.6) is 0 Å². The minimum absolute atomic E-state index is 0.0132. The predicted octanol–water partition coefficient (Wildman–Crippen LogP) is 4.52. The van der Waals surface area contributed by atoms with Crippen LogP contribution in [0.15, 0.2) is 41.8 Å². The average Bonchev–Trinajstić information content (AvgIpc) is 2.87. The van der Waals surface area contributed by atoms with Crippen molar-refractivity contribution < 1.29 is 4.79 Å². The molecule has 21 heavy (non-hydrogen) atoms. The van der Waals surface area contributed by atoms with E-state index in [0.29, 0.717) is 6.42 Å². The molecule has 1 aromatic heterocycles. The van der Waals surface area contributed by atoms with Gasteiger partial charge in [-0.1, -0.05) is 44.7 Å². The molecule has 1 heterocycles. The maximum absolute atomic E-state index is 11.9. The summed E-state index contributed by atoms with van der Waals surface area (Å²) in [6.45, 7) is 6.15. The summed E-state index contributed by atoms with van der Waals surface area (Å²) in [4.78, 5) is 13.0. The van der Waals surface area contributed by atoms with Gasteiger partial charge >= 0.3 is 0 Å². The van der Waals surface area contributed by atoms with Gasteiger partial charge in [0.15, 0.2) is 0 Å². The summed E-state index contributed by atoms with van der Waals surface area (Å²) in [6.07, 6.45) is 0.498. The van der Waals surface area contributed by atoms with Gasteiger partial charge in [-0.2, -0.15) is 0 Å². The highest BCUT2D eigenvalue weighted by molar-refractivity contribution is 7.10. The third-order valence-corrected chi connectivity index (χ3v) is 3.47. The largest absolute Gasteiger partial charge is 0.326 e. The van der Waals surface area contributed by atoms with Crippen LogP contribution in [0.1, 0.15) is 37.6 Å². The molecule has 0 aliphatic carbocycles. The zero-order chi connectivity index (χ0) is 15.3. The molecular formula is C18H19NOS. The number of benzene rings is 1. The highest BCUT2D eigenvalue weighted by Gasteiger charge is 2.15. The molecule has 1 N–H and O–H groups in total. The van der Waals surface area contributed by atoms with Gasteiger partial charge in [0.25, 0.3) is 0 Å². The lowest BCUT2D eigenvalue weighted by molar-refractivity contribution is -0.117. The lowest BCUT2D eigenvalue weighted by atomic mass is 9.92. The number of amides is 1. The van der Waals surface area contributed by atoms with Crippen molar-refractivity contribution in [3.05, 3.63) is 52.2 Å². The summed E-state index contributed by atoms with van der Waals surface area (Å²) in [5.74, 6) is 6.27. The number of thiophene rings is 1. The highest BCUT2D eigenvalue weighted by Crippen LogP contribution is 2.20. The fourth-order valence-corrected chi connectivity index (χ4v) is 2.42. The second-order valence-electron chi connectivity index (χ2n) is 6.09. The average molecular weight is 297 g/mol. The first-order valence-electron chi connectivity index (χ1n) is 6.88. The maximum atomic E-state index is 11.9. The number of hydrogen-bond acceptors (Lipinski definition) is 2. The normalized spacial score (nSPS) is 10.6. The van der Waals surface area contributed by atoms with Crippen LogP contribution < -0.4 is 5.32 Å². The van der Waals surface area contributed by atoms with Gasteiger partial charge in [0.2, 0.25) is 5.91 Å². The van der Waals surface area contributed by atoms with E-state index in [9.17, 15) is 4.79 Å². The van der Waals surface area contributed by atoms with Gasteiger partial charge < -0.3 is 5.32 Å². The van der Waals surface area contributed by atoms with Crippen molar-refractivity contribution >= 4 is 22.9 Å². The third-order valence-electron chi connectivity index (χ3n) is 2.69. The Labute approximate surface area is 130 Å². The molecule has 0 saturated carbocycles. The molecule has 0 atom stereocenters. The molecule has 108 valence electrons. The van der Waals surface area contributed by atoms with Crippen LogP contribution in [-0.2, 0) is 4.79 Å². The third kappa shape index (κ3) is 5.45. The fraction of sp³-hybridized carbons (Fsp3) is 0.278. The van der Waals surface area contributed by atoms with Gasteiger partial charge in [0.05, 0.1) is 4.88 Å². The Morgan fingerprint density at radius 3 is 2.67 bits per heavy atom. The molecule has 0 aliphatic heterocycles. The Morgan fingerprint density at radius 1 is 1.19 bits per heavy atom. The van der Waals surface area contributed by atoms with E-state index in [0.717, 1.165) is 16.1 Å². The molecule has 0 bridgehead atoms. The SMILES string of the molecule is CC(C)(C)CC(=O)Nc1cccc(C#Cc2cccs2)c1. The first-order chi connectivity index (χ1) is 9.92. The van der Waals surface area contributed by atoms with E-state index in [1.165, 1.54) is 0 Å². The fourth-order valence-electron chi connectivity index (χ4n) is 1.85. The van der Waals surface area contributed by atoms with E-state index in [4.69, 9.17) is 0 Å². The molecule has 0 unspecified atom stereocenters. The molecule has 0 saturated heterocycles. The summed E-state index contributed by atoms with van der Waals surface area (Å²) in [5.41, 5.74) is 1.68. The van der Waals surface area contributed by atoms with Gasteiger partial charge in [-0.3, -0.25) is 4.79 Å². The number of nitrogens with one attached hydrogen (secondary N) is 1. The van der Waals surface area contributed by atoms with Crippen molar-refractivity contribution in [1.82, 2.24) is 0 Å². The maximum Gasteiger partial charge on any atom is 0.224 e. The van der Waals surface area contributed by atoms with Crippen molar-refractivity contribution in [2.24, 2.45) is 5.41 Å². The summed E-state index contributed by atoms with van der Waals surface area (Å²) in [5, 5.41) is 4.94. The van der Waals surface area contributed by atoms with Crippen LogP contribution >= 0.6 is 11.3 Å². The van der Waals surface area contributed by atoms with E-state index in [2.05, 4.69) is 37.9 Å². The first kappa shape index (κ1) is 15.3. The second-order valence-corrected chi connectivity index (χ2v) is 7.04. The van der Waals surface area contributed by atoms with Crippen molar-refractivity contribution in [3.8, 4) is 11.8 Å². The second kappa shape index (κ2) is 6.60. The van der Waals surface area contributed by atoms with Gasteiger partial charge in [-0.05, 0) is 35.1 Å². The van der Waals surface area contributed by atoms with Crippen LogP contribution in [0.4, 0.5) is 5.69 Å². The number of hydrogen-bond donors (Lipinski definition) is 1. The van der Waals surface area contributed by atoms with Crippen LogP contribution in [0, 0.1) is 17.3 Å². The summed E-state index contributed by atoms with van der Waals surface area (Å²) < 4.78 is 0. The standard InChI is InChI=1S/C18H19NOS/c1-18(2,3)13-17(20)19-15-7-4-6-14(12-15)9-10-16-8-5-11-21-16/h4-8,11-12H,13H2,1-3H3,(H,19,20). The van der Waals surface area contributed by atoms with E-state index in [1.54, 1.807) is 11.3 Å². The molecule has 3 heteroatoms. The van der Waals surface area contributed by atoms with Crippen LogP contribution in [0.3, 0.4) is 0 Å². The van der Waals surface area contributed by atoms with Crippen molar-refractivity contribution in [2.45, 2.75) is 27.2 Å². The number of rotatable bonds is 2.